The second kappa shape index (κ2) is 5.71. The number of benzene rings is 1. The van der Waals surface area contributed by atoms with Crippen LogP contribution in [0, 0.1) is 0 Å². The summed E-state index contributed by atoms with van der Waals surface area (Å²) >= 11 is 0. The van der Waals surface area contributed by atoms with Crippen molar-refractivity contribution < 1.29 is 24.2 Å². The van der Waals surface area contributed by atoms with Crippen molar-refractivity contribution in [1.29, 1.82) is 0 Å². The summed E-state index contributed by atoms with van der Waals surface area (Å²) in [5, 5.41) is 7.42. The minimum atomic E-state index is -0.895. The molecular weight excluding hydrogens is 250 g/mol. The summed E-state index contributed by atoms with van der Waals surface area (Å²) in [6.07, 6.45) is 0. The number of fused-ring (bicyclic) bond motifs is 1. The zero-order chi connectivity index (χ0) is 14.6. The fraction of sp³-hybridized carbons (Fsp3) is 0.385. The van der Waals surface area contributed by atoms with Gasteiger partial charge in [0.2, 0.25) is 5.79 Å². The molecule has 104 valence electrons. The normalized spacial score (nSPS) is 15.3. The van der Waals surface area contributed by atoms with Crippen LogP contribution in [0.25, 0.3) is 0 Å². The number of cyclic esters (lactones) is 1. The maximum absolute atomic E-state index is 11.6. The number of carbonyl (C=O) groups excluding carboxylic acids is 1. The smallest absolute Gasteiger partial charge is 0.345 e. The number of hydrogen-bond donors (Lipinski definition) is 2. The lowest BCUT2D eigenvalue weighted by atomic mass is 10.1. The van der Waals surface area contributed by atoms with Crippen LogP contribution in [-0.2, 0) is 16.1 Å². The molecule has 2 rings (SSSR count). The van der Waals surface area contributed by atoms with Crippen LogP contribution in [0.3, 0.4) is 0 Å². The second-order valence-electron chi connectivity index (χ2n) is 4.45. The molecule has 3 N–H and O–H groups in total. The molecule has 0 radical (unpaired) electrons. The van der Waals surface area contributed by atoms with Gasteiger partial charge in [0.25, 0.3) is 5.97 Å². The Morgan fingerprint density at radius 1 is 1.37 bits per heavy atom. The number of rotatable bonds is 1. The van der Waals surface area contributed by atoms with Gasteiger partial charge >= 0.3 is 5.97 Å². The quantitative estimate of drug-likeness (QED) is 0.748. The molecule has 6 nitrogen and oxygen atoms in total. The van der Waals surface area contributed by atoms with Gasteiger partial charge in [-0.15, -0.1) is 0 Å². The Hall–Kier alpha value is -2.08. The molecule has 1 aliphatic heterocycles. The first-order valence-electron chi connectivity index (χ1n) is 5.70. The lowest BCUT2D eigenvalue weighted by Gasteiger charge is -2.31. The Morgan fingerprint density at radius 3 is 2.47 bits per heavy atom. The van der Waals surface area contributed by atoms with Crippen LogP contribution >= 0.6 is 0 Å². The predicted molar refractivity (Wildman–Crippen MR) is 67.8 cm³/mol. The van der Waals surface area contributed by atoms with Gasteiger partial charge in [-0.2, -0.15) is 0 Å². The standard InChI is InChI=1S/C11H13NO3.C2H4O2/c1-11(2)14-9-4-3-7(6-12)5-8(9)10(13)15-11;1-2(3)4/h3-5H,6,12H2,1-2H3;1H3,(H,3,4). The molecule has 19 heavy (non-hydrogen) atoms. The SMILES string of the molecule is CC(=O)O.CC1(C)OC(=O)c2cc(CN)ccc2O1. The van der Waals surface area contributed by atoms with Crippen LogP contribution in [0.2, 0.25) is 0 Å². The topological polar surface area (TPSA) is 98.9 Å². The molecule has 6 heteroatoms. The van der Waals surface area contributed by atoms with Crippen molar-refractivity contribution in [1.82, 2.24) is 0 Å². The molecule has 0 unspecified atom stereocenters. The summed E-state index contributed by atoms with van der Waals surface area (Å²) in [7, 11) is 0. The first-order valence-corrected chi connectivity index (χ1v) is 5.70. The Bertz CT molecular complexity index is 492. The van der Waals surface area contributed by atoms with Crippen LogP contribution in [0.15, 0.2) is 18.2 Å². The van der Waals surface area contributed by atoms with Crippen LogP contribution < -0.4 is 10.5 Å². The van der Waals surface area contributed by atoms with E-state index in [9.17, 15) is 4.79 Å². The average molecular weight is 267 g/mol. The monoisotopic (exact) mass is 267 g/mol. The van der Waals surface area contributed by atoms with Crippen molar-refractivity contribution in [3.63, 3.8) is 0 Å². The summed E-state index contributed by atoms with van der Waals surface area (Å²) in [6, 6.07) is 5.29. The van der Waals surface area contributed by atoms with Crippen molar-refractivity contribution in [2.24, 2.45) is 5.73 Å². The zero-order valence-electron chi connectivity index (χ0n) is 11.1. The number of hydrogen-bond acceptors (Lipinski definition) is 5. The largest absolute Gasteiger partial charge is 0.481 e. The van der Waals surface area contributed by atoms with Crippen LogP contribution in [0.5, 0.6) is 5.75 Å². The number of aliphatic carboxylic acids is 1. The lowest BCUT2D eigenvalue weighted by Crippen LogP contribution is -2.38. The number of carboxylic acids is 1. The maximum Gasteiger partial charge on any atom is 0.345 e. The van der Waals surface area contributed by atoms with E-state index in [1.807, 2.05) is 6.07 Å². The van der Waals surface area contributed by atoms with E-state index in [-0.39, 0.29) is 5.97 Å². The highest BCUT2D eigenvalue weighted by molar-refractivity contribution is 5.93. The molecule has 0 aliphatic carbocycles. The number of nitrogens with two attached hydrogens (primary N) is 1. The van der Waals surface area contributed by atoms with Gasteiger partial charge in [0.1, 0.15) is 11.3 Å². The molecule has 1 aromatic rings. The Morgan fingerprint density at radius 2 is 1.95 bits per heavy atom. The highest BCUT2D eigenvalue weighted by atomic mass is 16.7. The molecule has 0 atom stereocenters. The molecule has 0 amide bonds. The summed E-state index contributed by atoms with van der Waals surface area (Å²) in [5.41, 5.74) is 6.81. The summed E-state index contributed by atoms with van der Waals surface area (Å²) in [5.74, 6) is -1.54. The van der Waals surface area contributed by atoms with E-state index < -0.39 is 11.8 Å². The summed E-state index contributed by atoms with van der Waals surface area (Å²) in [6.45, 7) is 4.87. The summed E-state index contributed by atoms with van der Waals surface area (Å²) < 4.78 is 10.6. The number of ether oxygens (including phenoxy) is 2. The number of carbonyl (C=O) groups is 2. The molecular formula is C13H17NO5. The highest BCUT2D eigenvalue weighted by Crippen LogP contribution is 2.31. The first-order chi connectivity index (χ1) is 8.75. The van der Waals surface area contributed by atoms with Gasteiger partial charge in [0.15, 0.2) is 0 Å². The van der Waals surface area contributed by atoms with Gasteiger partial charge in [0, 0.05) is 27.3 Å². The van der Waals surface area contributed by atoms with Gasteiger partial charge < -0.3 is 20.3 Å². The van der Waals surface area contributed by atoms with E-state index in [4.69, 9.17) is 25.1 Å². The van der Waals surface area contributed by atoms with Crippen molar-refractivity contribution in [2.75, 3.05) is 0 Å². The molecule has 0 saturated heterocycles. The van der Waals surface area contributed by atoms with Gasteiger partial charge in [-0.05, 0) is 17.7 Å². The van der Waals surface area contributed by atoms with E-state index in [0.717, 1.165) is 12.5 Å². The Balaban J connectivity index is 0.000000399. The average Bonchev–Trinajstić information content (AvgIpc) is 2.26. The molecule has 0 aromatic heterocycles. The molecule has 0 saturated carbocycles. The van der Waals surface area contributed by atoms with Crippen LogP contribution in [-0.4, -0.2) is 22.8 Å². The highest BCUT2D eigenvalue weighted by Gasteiger charge is 2.33. The molecule has 1 aliphatic rings. The lowest BCUT2D eigenvalue weighted by molar-refractivity contribution is -0.134. The zero-order valence-corrected chi connectivity index (χ0v) is 11.1. The third-order valence-electron chi connectivity index (χ3n) is 2.19. The van der Waals surface area contributed by atoms with Crippen molar-refractivity contribution in [3.05, 3.63) is 29.3 Å². The molecule has 0 fully saturated rings. The number of carboxylic acid groups (broad SMARTS) is 1. The third kappa shape index (κ3) is 4.26. The van der Waals surface area contributed by atoms with Crippen LogP contribution in [0.1, 0.15) is 36.7 Å². The predicted octanol–water partition coefficient (Wildman–Crippen LogP) is 1.52. The van der Waals surface area contributed by atoms with E-state index in [1.54, 1.807) is 26.0 Å². The first kappa shape index (κ1) is 15.0. The molecule has 1 aromatic carbocycles. The van der Waals surface area contributed by atoms with Gasteiger partial charge in [-0.1, -0.05) is 6.07 Å². The second-order valence-corrected chi connectivity index (χ2v) is 4.45. The molecule has 0 bridgehead atoms. The minimum absolute atomic E-state index is 0.364. The van der Waals surface area contributed by atoms with Crippen molar-refractivity contribution in [3.8, 4) is 5.75 Å². The van der Waals surface area contributed by atoms with Gasteiger partial charge in [-0.25, -0.2) is 4.79 Å². The number of esters is 1. The van der Waals surface area contributed by atoms with Crippen molar-refractivity contribution >= 4 is 11.9 Å². The molecule has 0 spiro atoms. The fourth-order valence-corrected chi connectivity index (χ4v) is 1.52. The van der Waals surface area contributed by atoms with E-state index in [0.29, 0.717) is 17.9 Å². The molecule has 1 heterocycles. The van der Waals surface area contributed by atoms with Crippen LogP contribution in [0.4, 0.5) is 0 Å². The van der Waals surface area contributed by atoms with E-state index >= 15 is 0 Å². The maximum atomic E-state index is 11.6. The fourth-order valence-electron chi connectivity index (χ4n) is 1.52. The minimum Gasteiger partial charge on any atom is -0.481 e. The summed E-state index contributed by atoms with van der Waals surface area (Å²) in [4.78, 5) is 20.6. The van der Waals surface area contributed by atoms with E-state index in [2.05, 4.69) is 0 Å². The Labute approximate surface area is 111 Å². The van der Waals surface area contributed by atoms with E-state index in [1.165, 1.54) is 0 Å². The Kier molecular flexibility index (Phi) is 4.50. The van der Waals surface area contributed by atoms with Crippen molar-refractivity contribution in [2.45, 2.75) is 33.1 Å². The third-order valence-corrected chi connectivity index (χ3v) is 2.19. The van der Waals surface area contributed by atoms with Gasteiger partial charge in [-0.3, -0.25) is 4.79 Å². The van der Waals surface area contributed by atoms with Gasteiger partial charge in [0.05, 0.1) is 0 Å².